The molecule has 72 valence electrons. The van der Waals surface area contributed by atoms with Crippen LogP contribution in [0.15, 0.2) is 18.2 Å². The zero-order valence-corrected chi connectivity index (χ0v) is 8.64. The molecule has 14 heavy (non-hydrogen) atoms. The van der Waals surface area contributed by atoms with Crippen LogP contribution in [0, 0.1) is 11.3 Å². The van der Waals surface area contributed by atoms with Crippen molar-refractivity contribution >= 4 is 11.6 Å². The summed E-state index contributed by atoms with van der Waals surface area (Å²) in [6.45, 7) is 0. The molecule has 3 heteroatoms. The highest BCUT2D eigenvalue weighted by Crippen LogP contribution is 2.43. The van der Waals surface area contributed by atoms with Gasteiger partial charge in [0.05, 0.1) is 13.2 Å². The average molecular weight is 208 g/mol. The third kappa shape index (κ3) is 1.25. The Morgan fingerprint density at radius 3 is 3.00 bits per heavy atom. The Morgan fingerprint density at radius 2 is 2.36 bits per heavy atom. The quantitative estimate of drug-likeness (QED) is 0.664. The largest absolute Gasteiger partial charge is 0.497 e. The van der Waals surface area contributed by atoms with Crippen LogP contribution in [0.2, 0.25) is 0 Å². The molecule has 1 aliphatic carbocycles. The first-order valence-corrected chi connectivity index (χ1v) is 4.85. The lowest BCUT2D eigenvalue weighted by molar-refractivity contribution is 0.414. The van der Waals surface area contributed by atoms with E-state index in [0.717, 1.165) is 23.3 Å². The molecule has 0 radical (unpaired) electrons. The number of halogens is 1. The zero-order chi connectivity index (χ0) is 10.2. The van der Waals surface area contributed by atoms with Gasteiger partial charge in [0.1, 0.15) is 5.75 Å². The first-order chi connectivity index (χ1) is 6.69. The summed E-state index contributed by atoms with van der Waals surface area (Å²) < 4.78 is 5.11. The Bertz CT molecular complexity index is 410. The van der Waals surface area contributed by atoms with Gasteiger partial charge >= 0.3 is 0 Å². The molecule has 0 heterocycles. The molecule has 0 amide bonds. The number of rotatable bonds is 1. The van der Waals surface area contributed by atoms with E-state index in [1.165, 1.54) is 0 Å². The Labute approximate surface area is 88.1 Å². The van der Waals surface area contributed by atoms with E-state index in [1.807, 2.05) is 18.2 Å². The van der Waals surface area contributed by atoms with Gasteiger partial charge in [-0.05, 0) is 36.1 Å². The number of benzene rings is 1. The lowest BCUT2D eigenvalue weighted by Gasteiger charge is -2.13. The molecular weight excluding hydrogens is 198 g/mol. The maximum absolute atomic E-state index is 9.01. The number of aryl methyl sites for hydroxylation is 1. The molecule has 1 aromatic rings. The Kier molecular flexibility index (Phi) is 2.13. The van der Waals surface area contributed by atoms with Crippen molar-refractivity contribution in [2.24, 2.45) is 0 Å². The maximum Gasteiger partial charge on any atom is 0.156 e. The molecule has 1 atom stereocenters. The zero-order valence-electron chi connectivity index (χ0n) is 7.88. The van der Waals surface area contributed by atoms with Gasteiger partial charge in [0.15, 0.2) is 4.87 Å². The van der Waals surface area contributed by atoms with Gasteiger partial charge in [0, 0.05) is 0 Å². The van der Waals surface area contributed by atoms with Crippen molar-refractivity contribution in [1.82, 2.24) is 0 Å². The normalized spacial score (nSPS) is 24.1. The monoisotopic (exact) mass is 207 g/mol. The van der Waals surface area contributed by atoms with Crippen molar-refractivity contribution in [1.29, 1.82) is 5.26 Å². The predicted octanol–water partition coefficient (Wildman–Crippen LogP) is 2.60. The predicted molar refractivity (Wildman–Crippen MR) is 54.5 cm³/mol. The van der Waals surface area contributed by atoms with E-state index in [-0.39, 0.29) is 0 Å². The van der Waals surface area contributed by atoms with Crippen LogP contribution in [-0.4, -0.2) is 7.11 Å². The summed E-state index contributed by atoms with van der Waals surface area (Å²) in [6.07, 6.45) is 1.56. The second-order valence-electron chi connectivity index (χ2n) is 3.44. The number of alkyl halides is 1. The first kappa shape index (κ1) is 9.36. The van der Waals surface area contributed by atoms with Crippen LogP contribution in [0.5, 0.6) is 5.75 Å². The van der Waals surface area contributed by atoms with E-state index < -0.39 is 4.87 Å². The van der Waals surface area contributed by atoms with Gasteiger partial charge in [-0.3, -0.25) is 0 Å². The van der Waals surface area contributed by atoms with Crippen molar-refractivity contribution in [2.45, 2.75) is 17.7 Å². The molecule has 1 aromatic carbocycles. The minimum atomic E-state index is -0.843. The van der Waals surface area contributed by atoms with Gasteiger partial charge < -0.3 is 4.74 Å². The van der Waals surface area contributed by atoms with Crippen molar-refractivity contribution < 1.29 is 4.74 Å². The van der Waals surface area contributed by atoms with E-state index in [4.69, 9.17) is 21.6 Å². The highest BCUT2D eigenvalue weighted by atomic mass is 35.5. The summed E-state index contributed by atoms with van der Waals surface area (Å²) >= 11 is 6.20. The summed E-state index contributed by atoms with van der Waals surface area (Å²) in [6, 6.07) is 7.90. The third-order valence-corrected chi connectivity index (χ3v) is 3.14. The molecule has 0 spiro atoms. The number of hydrogen-bond acceptors (Lipinski definition) is 2. The molecule has 0 fully saturated rings. The van der Waals surface area contributed by atoms with Crippen molar-refractivity contribution in [3.8, 4) is 11.8 Å². The lowest BCUT2D eigenvalue weighted by atomic mass is 10.0. The average Bonchev–Trinajstić information content (AvgIpc) is 2.57. The summed E-state index contributed by atoms with van der Waals surface area (Å²) in [5.74, 6) is 0.755. The summed E-state index contributed by atoms with van der Waals surface area (Å²) in [4.78, 5) is -0.843. The van der Waals surface area contributed by atoms with Gasteiger partial charge in [-0.1, -0.05) is 17.7 Å². The SMILES string of the molecule is COc1ccc2c(c1)C(Cl)(C#N)CC2. The summed E-state index contributed by atoms with van der Waals surface area (Å²) in [5.41, 5.74) is 2.06. The van der Waals surface area contributed by atoms with Crippen molar-refractivity contribution in [3.05, 3.63) is 29.3 Å². The van der Waals surface area contributed by atoms with Crippen LogP contribution in [0.1, 0.15) is 17.5 Å². The van der Waals surface area contributed by atoms with Crippen LogP contribution in [0.25, 0.3) is 0 Å². The highest BCUT2D eigenvalue weighted by Gasteiger charge is 2.37. The van der Waals surface area contributed by atoms with Crippen molar-refractivity contribution in [2.75, 3.05) is 7.11 Å². The number of fused-ring (bicyclic) bond motifs is 1. The lowest BCUT2D eigenvalue weighted by Crippen LogP contribution is -2.10. The Morgan fingerprint density at radius 1 is 1.57 bits per heavy atom. The van der Waals surface area contributed by atoms with Crippen LogP contribution in [0.3, 0.4) is 0 Å². The third-order valence-electron chi connectivity index (χ3n) is 2.66. The van der Waals surface area contributed by atoms with E-state index in [1.54, 1.807) is 7.11 Å². The standard InChI is InChI=1S/C11H10ClNO/c1-14-9-3-2-8-4-5-11(12,7-13)10(8)6-9/h2-3,6H,4-5H2,1H3. The second-order valence-corrected chi connectivity index (χ2v) is 4.08. The minimum Gasteiger partial charge on any atom is -0.497 e. The highest BCUT2D eigenvalue weighted by molar-refractivity contribution is 6.26. The van der Waals surface area contributed by atoms with E-state index in [9.17, 15) is 0 Å². The second kappa shape index (κ2) is 3.18. The van der Waals surface area contributed by atoms with Gasteiger partial charge in [-0.15, -0.1) is 0 Å². The molecule has 1 aliphatic rings. The fourth-order valence-electron chi connectivity index (χ4n) is 1.83. The fraction of sp³-hybridized carbons (Fsp3) is 0.364. The summed E-state index contributed by atoms with van der Waals surface area (Å²) in [5, 5.41) is 9.01. The molecule has 0 aromatic heterocycles. The maximum atomic E-state index is 9.01. The number of nitrogens with zero attached hydrogens (tertiary/aromatic N) is 1. The fourth-order valence-corrected chi connectivity index (χ4v) is 2.10. The van der Waals surface area contributed by atoms with Crippen molar-refractivity contribution in [3.63, 3.8) is 0 Å². The minimum absolute atomic E-state index is 0.688. The van der Waals surface area contributed by atoms with Crippen LogP contribution in [0.4, 0.5) is 0 Å². The van der Waals surface area contributed by atoms with Crippen LogP contribution >= 0.6 is 11.6 Å². The Balaban J connectivity index is 2.54. The first-order valence-electron chi connectivity index (χ1n) is 4.47. The molecule has 2 nitrogen and oxygen atoms in total. The van der Waals surface area contributed by atoms with Gasteiger partial charge in [-0.25, -0.2) is 0 Å². The molecular formula is C11H10ClNO. The molecule has 0 saturated heterocycles. The molecule has 0 N–H and O–H groups in total. The number of ether oxygens (including phenoxy) is 1. The molecule has 1 unspecified atom stereocenters. The van der Waals surface area contributed by atoms with Crippen LogP contribution in [-0.2, 0) is 11.3 Å². The van der Waals surface area contributed by atoms with Gasteiger partial charge in [-0.2, -0.15) is 5.26 Å². The molecule has 0 saturated carbocycles. The number of methoxy groups -OCH3 is 1. The van der Waals surface area contributed by atoms with E-state index in [2.05, 4.69) is 6.07 Å². The van der Waals surface area contributed by atoms with Gasteiger partial charge in [0.25, 0.3) is 0 Å². The number of hydrogen-bond donors (Lipinski definition) is 0. The van der Waals surface area contributed by atoms with Crippen LogP contribution < -0.4 is 4.74 Å². The smallest absolute Gasteiger partial charge is 0.156 e. The molecule has 2 rings (SSSR count). The topological polar surface area (TPSA) is 33.0 Å². The van der Waals surface area contributed by atoms with Gasteiger partial charge in [0.2, 0.25) is 0 Å². The Hall–Kier alpha value is -1.20. The number of nitriles is 1. The summed E-state index contributed by atoms with van der Waals surface area (Å²) in [7, 11) is 1.61. The molecule has 0 bridgehead atoms. The van der Waals surface area contributed by atoms with E-state index in [0.29, 0.717) is 6.42 Å². The van der Waals surface area contributed by atoms with E-state index >= 15 is 0 Å². The molecule has 0 aliphatic heterocycles.